The van der Waals surface area contributed by atoms with Crippen molar-refractivity contribution in [2.75, 3.05) is 33.5 Å². The van der Waals surface area contributed by atoms with Gasteiger partial charge in [-0.1, -0.05) is 0 Å². The molecule has 2 aliphatic heterocycles. The van der Waals surface area contributed by atoms with Crippen LogP contribution in [-0.4, -0.2) is 38.5 Å². The van der Waals surface area contributed by atoms with Gasteiger partial charge in [0.2, 0.25) is 0 Å². The van der Waals surface area contributed by atoms with Crippen LogP contribution in [0.15, 0.2) is 18.2 Å². The summed E-state index contributed by atoms with van der Waals surface area (Å²) >= 11 is 0. The Hall–Kier alpha value is -2.76. The van der Waals surface area contributed by atoms with Crippen molar-refractivity contribution in [2.24, 2.45) is 0 Å². The highest BCUT2D eigenvalue weighted by molar-refractivity contribution is 6.15. The Morgan fingerprint density at radius 1 is 0.870 bits per heavy atom. The molecule has 1 aromatic heterocycles. The predicted molar refractivity (Wildman–Crippen MR) is 84.3 cm³/mol. The molecule has 0 fully saturated rings. The van der Waals surface area contributed by atoms with Crippen molar-refractivity contribution in [1.82, 2.24) is 4.98 Å². The lowest BCUT2D eigenvalue weighted by molar-refractivity contribution is 0.173. The second-order valence-corrected chi connectivity index (χ2v) is 5.49. The Morgan fingerprint density at radius 3 is 2.43 bits per heavy atom. The summed E-state index contributed by atoms with van der Waals surface area (Å²) in [7, 11) is 1.64. The van der Waals surface area contributed by atoms with Crippen molar-refractivity contribution < 1.29 is 23.7 Å². The minimum Gasteiger partial charge on any atom is -0.494 e. The number of aromatic nitrogens is 1. The summed E-state index contributed by atoms with van der Waals surface area (Å²) in [6.07, 6.45) is 0. The molecule has 5 rings (SSSR count). The molecule has 0 unspecified atom stereocenters. The van der Waals surface area contributed by atoms with Crippen molar-refractivity contribution in [1.29, 1.82) is 0 Å². The van der Waals surface area contributed by atoms with E-state index in [1.54, 1.807) is 7.11 Å². The molecule has 6 nitrogen and oxygen atoms in total. The summed E-state index contributed by atoms with van der Waals surface area (Å²) < 4.78 is 28.6. The number of aromatic amines is 1. The first-order chi connectivity index (χ1) is 11.4. The van der Waals surface area contributed by atoms with E-state index >= 15 is 0 Å². The van der Waals surface area contributed by atoms with Gasteiger partial charge in [0, 0.05) is 11.5 Å². The van der Waals surface area contributed by atoms with Crippen molar-refractivity contribution in [3.8, 4) is 28.7 Å². The normalized spacial score (nSPS) is 15.9. The maximum atomic E-state index is 5.87. The average molecular weight is 313 g/mol. The van der Waals surface area contributed by atoms with Gasteiger partial charge in [-0.25, -0.2) is 0 Å². The molecule has 0 spiro atoms. The van der Waals surface area contributed by atoms with Gasteiger partial charge in [0.25, 0.3) is 0 Å². The van der Waals surface area contributed by atoms with Crippen LogP contribution in [0.4, 0.5) is 0 Å². The molecule has 2 aliphatic rings. The quantitative estimate of drug-likeness (QED) is 0.748. The van der Waals surface area contributed by atoms with Crippen LogP contribution < -0.4 is 23.7 Å². The third kappa shape index (κ3) is 1.69. The number of nitrogens with one attached hydrogen (secondary N) is 1. The molecule has 0 saturated carbocycles. The molecule has 1 N–H and O–H groups in total. The molecule has 0 saturated heterocycles. The van der Waals surface area contributed by atoms with Crippen LogP contribution in [0.25, 0.3) is 21.8 Å². The van der Waals surface area contributed by atoms with Crippen LogP contribution in [0.2, 0.25) is 0 Å². The van der Waals surface area contributed by atoms with E-state index in [0.717, 1.165) is 39.1 Å². The van der Waals surface area contributed by atoms with Crippen LogP contribution in [0.1, 0.15) is 0 Å². The van der Waals surface area contributed by atoms with Gasteiger partial charge in [-0.2, -0.15) is 0 Å². The van der Waals surface area contributed by atoms with Crippen LogP contribution >= 0.6 is 0 Å². The largest absolute Gasteiger partial charge is 0.494 e. The number of fused-ring (bicyclic) bond motifs is 7. The van der Waals surface area contributed by atoms with Crippen molar-refractivity contribution in [2.45, 2.75) is 0 Å². The number of rotatable bonds is 1. The van der Waals surface area contributed by atoms with Gasteiger partial charge in [-0.05, 0) is 12.1 Å². The van der Waals surface area contributed by atoms with E-state index in [-0.39, 0.29) is 0 Å². The Labute approximate surface area is 131 Å². The molecule has 3 heterocycles. The molecule has 0 radical (unpaired) electrons. The number of ether oxygens (including phenoxy) is 5. The molecule has 2 aromatic carbocycles. The number of benzene rings is 2. The summed E-state index contributed by atoms with van der Waals surface area (Å²) in [6.45, 7) is 2.17. The van der Waals surface area contributed by atoms with Crippen molar-refractivity contribution in [3.63, 3.8) is 0 Å². The van der Waals surface area contributed by atoms with Crippen molar-refractivity contribution >= 4 is 21.8 Å². The molecule has 3 aromatic rings. The van der Waals surface area contributed by atoms with Gasteiger partial charge in [0.15, 0.2) is 23.0 Å². The van der Waals surface area contributed by atoms with E-state index in [1.807, 2.05) is 18.2 Å². The van der Waals surface area contributed by atoms with E-state index < -0.39 is 0 Å². The highest BCUT2D eigenvalue weighted by atomic mass is 16.6. The average Bonchev–Trinajstić information content (AvgIpc) is 3.01. The second-order valence-electron chi connectivity index (χ2n) is 5.49. The van der Waals surface area contributed by atoms with E-state index in [1.165, 1.54) is 0 Å². The molecule has 0 bridgehead atoms. The van der Waals surface area contributed by atoms with E-state index in [2.05, 4.69) is 4.98 Å². The fraction of sp³-hybridized carbons (Fsp3) is 0.294. The van der Waals surface area contributed by atoms with E-state index in [0.29, 0.717) is 37.9 Å². The van der Waals surface area contributed by atoms with Crippen LogP contribution in [0.3, 0.4) is 0 Å². The maximum Gasteiger partial charge on any atom is 0.185 e. The third-order valence-electron chi connectivity index (χ3n) is 4.24. The number of H-pyrrole nitrogens is 1. The first kappa shape index (κ1) is 12.8. The summed E-state index contributed by atoms with van der Waals surface area (Å²) in [5, 5.41) is 1.95. The summed E-state index contributed by atoms with van der Waals surface area (Å²) in [4.78, 5) is 3.41. The molecular weight excluding hydrogens is 298 g/mol. The minimum atomic E-state index is 0.533. The Morgan fingerprint density at radius 2 is 1.61 bits per heavy atom. The summed E-state index contributed by atoms with van der Waals surface area (Å²) in [5.41, 5.74) is 1.76. The minimum absolute atomic E-state index is 0.533. The lowest BCUT2D eigenvalue weighted by Gasteiger charge is -2.20. The van der Waals surface area contributed by atoms with Crippen LogP contribution in [-0.2, 0) is 0 Å². The fourth-order valence-electron chi connectivity index (χ4n) is 3.28. The zero-order valence-electron chi connectivity index (χ0n) is 12.6. The van der Waals surface area contributed by atoms with Gasteiger partial charge in [0.1, 0.15) is 32.2 Å². The van der Waals surface area contributed by atoms with Gasteiger partial charge in [-0.15, -0.1) is 0 Å². The van der Waals surface area contributed by atoms with Crippen molar-refractivity contribution in [3.05, 3.63) is 18.2 Å². The summed E-state index contributed by atoms with van der Waals surface area (Å²) in [5.74, 6) is 3.65. The number of hydrogen-bond donors (Lipinski definition) is 1. The third-order valence-corrected chi connectivity index (χ3v) is 4.24. The standard InChI is InChI=1S/C17H15NO5/c1-19-11-8-12-16(22-6-5-21-12)13-9-2-3-10-17(23-7-4-20-10)14(9)18-15(11)13/h2-3,8,18H,4-7H2,1H3. The second kappa shape index (κ2) is 4.62. The SMILES string of the molecule is COc1cc2c(c3c1[nH]c1c4c(ccc13)OCCO4)OCCO2. The zero-order chi connectivity index (χ0) is 15.4. The monoisotopic (exact) mass is 313 g/mol. The van der Waals surface area contributed by atoms with Gasteiger partial charge < -0.3 is 28.7 Å². The molecule has 23 heavy (non-hydrogen) atoms. The lowest BCUT2D eigenvalue weighted by Crippen LogP contribution is -2.15. The number of methoxy groups -OCH3 is 1. The van der Waals surface area contributed by atoms with Gasteiger partial charge in [-0.3, -0.25) is 0 Å². The highest BCUT2D eigenvalue weighted by Crippen LogP contribution is 2.49. The van der Waals surface area contributed by atoms with Crippen LogP contribution in [0.5, 0.6) is 28.7 Å². The molecule has 0 aliphatic carbocycles. The zero-order valence-corrected chi connectivity index (χ0v) is 12.6. The molecule has 0 atom stereocenters. The Kier molecular flexibility index (Phi) is 2.56. The lowest BCUT2D eigenvalue weighted by atomic mass is 10.1. The van der Waals surface area contributed by atoms with Crippen LogP contribution in [0, 0.1) is 0 Å². The fourth-order valence-corrected chi connectivity index (χ4v) is 3.28. The molecular formula is C17H15NO5. The topological polar surface area (TPSA) is 61.9 Å². The highest BCUT2D eigenvalue weighted by Gasteiger charge is 2.25. The Bertz CT molecular complexity index is 929. The first-order valence-corrected chi connectivity index (χ1v) is 7.57. The number of hydrogen-bond acceptors (Lipinski definition) is 5. The first-order valence-electron chi connectivity index (χ1n) is 7.57. The van der Waals surface area contributed by atoms with E-state index in [4.69, 9.17) is 23.7 Å². The predicted octanol–water partition coefficient (Wildman–Crippen LogP) is 2.87. The molecule has 0 amide bonds. The van der Waals surface area contributed by atoms with E-state index in [9.17, 15) is 0 Å². The van der Waals surface area contributed by atoms with Gasteiger partial charge in [0.05, 0.1) is 23.5 Å². The molecule has 6 heteroatoms. The van der Waals surface area contributed by atoms with Gasteiger partial charge >= 0.3 is 0 Å². The smallest absolute Gasteiger partial charge is 0.185 e. The Balaban J connectivity index is 1.92. The maximum absolute atomic E-state index is 5.87. The molecule has 118 valence electrons. The summed E-state index contributed by atoms with van der Waals surface area (Å²) in [6, 6.07) is 5.80.